The van der Waals surface area contributed by atoms with Crippen molar-refractivity contribution in [2.75, 3.05) is 0 Å². The van der Waals surface area contributed by atoms with E-state index < -0.39 is 34.9 Å². The van der Waals surface area contributed by atoms with Gasteiger partial charge in [0, 0.05) is 0 Å². The number of aliphatic carboxylic acids is 1. The van der Waals surface area contributed by atoms with Gasteiger partial charge in [-0.25, -0.2) is 0 Å². The zero-order valence-electron chi connectivity index (χ0n) is 17.1. The van der Waals surface area contributed by atoms with Gasteiger partial charge in [0.05, 0.1) is 16.5 Å². The highest BCUT2D eigenvalue weighted by Crippen LogP contribution is 2.50. The summed E-state index contributed by atoms with van der Waals surface area (Å²) in [5.74, 6) is -1.04. The molecule has 3 aromatic rings. The van der Waals surface area contributed by atoms with Gasteiger partial charge in [-0.15, -0.1) is 0 Å². The summed E-state index contributed by atoms with van der Waals surface area (Å²) >= 11 is 0. The van der Waals surface area contributed by atoms with E-state index in [1.165, 1.54) is 24.3 Å². The second-order valence-corrected chi connectivity index (χ2v) is 8.12. The number of benzene rings is 3. The Balaban J connectivity index is 1.93. The van der Waals surface area contributed by atoms with E-state index in [2.05, 4.69) is 0 Å². The number of carboxylic acids is 1. The highest BCUT2D eigenvalue weighted by atomic mass is 19.4. The van der Waals surface area contributed by atoms with Gasteiger partial charge < -0.3 is 5.11 Å². The molecule has 3 aromatic carbocycles. The van der Waals surface area contributed by atoms with Gasteiger partial charge in [0.25, 0.3) is 0 Å². The molecule has 0 aromatic heterocycles. The van der Waals surface area contributed by atoms with Crippen LogP contribution in [0.4, 0.5) is 26.3 Å². The summed E-state index contributed by atoms with van der Waals surface area (Å²) in [6.45, 7) is 0. The van der Waals surface area contributed by atoms with E-state index in [-0.39, 0.29) is 0 Å². The summed E-state index contributed by atoms with van der Waals surface area (Å²) in [5, 5.41) is 9.97. The first-order chi connectivity index (χ1) is 15.4. The monoisotopic (exact) mass is 464 g/mol. The Morgan fingerprint density at radius 3 is 1.61 bits per heavy atom. The van der Waals surface area contributed by atoms with Gasteiger partial charge >= 0.3 is 18.3 Å². The maximum absolute atomic E-state index is 13.1. The molecule has 1 fully saturated rings. The standard InChI is InChI=1S/C25H18F6O2/c26-24(27,28)17-9-5-15(6-10-17)19-3-1-4-20(23(22(32)33)13-2-14-23)21(19)16-7-11-18(12-8-16)25(29,30)31/h1,3-12H,2,13-14H2,(H,32,33). The van der Waals surface area contributed by atoms with Crippen LogP contribution < -0.4 is 0 Å². The van der Waals surface area contributed by atoms with Crippen LogP contribution in [0.2, 0.25) is 0 Å². The molecule has 0 unspecified atom stereocenters. The molecule has 1 N–H and O–H groups in total. The van der Waals surface area contributed by atoms with E-state index in [9.17, 15) is 36.2 Å². The van der Waals surface area contributed by atoms with Crippen molar-refractivity contribution in [2.45, 2.75) is 37.0 Å². The van der Waals surface area contributed by atoms with Gasteiger partial charge in [-0.05, 0) is 64.9 Å². The average molecular weight is 464 g/mol. The number of hydrogen-bond acceptors (Lipinski definition) is 1. The molecule has 0 atom stereocenters. The van der Waals surface area contributed by atoms with Crippen molar-refractivity contribution in [3.05, 3.63) is 83.4 Å². The van der Waals surface area contributed by atoms with Gasteiger partial charge in [0.15, 0.2) is 0 Å². The Labute approximate surface area is 185 Å². The second kappa shape index (κ2) is 7.93. The van der Waals surface area contributed by atoms with Crippen molar-refractivity contribution in [2.24, 2.45) is 0 Å². The van der Waals surface area contributed by atoms with Gasteiger partial charge in [0.1, 0.15) is 0 Å². The highest BCUT2D eigenvalue weighted by molar-refractivity contribution is 5.92. The molecule has 8 heteroatoms. The molecular weight excluding hydrogens is 446 g/mol. The van der Waals surface area contributed by atoms with Crippen LogP contribution in [0, 0.1) is 0 Å². The average Bonchev–Trinajstić information content (AvgIpc) is 2.71. The molecule has 1 aliphatic rings. The Morgan fingerprint density at radius 1 is 0.727 bits per heavy atom. The lowest BCUT2D eigenvalue weighted by Crippen LogP contribution is -2.42. The smallest absolute Gasteiger partial charge is 0.416 e. The molecule has 1 saturated carbocycles. The third-order valence-corrected chi connectivity index (χ3v) is 6.22. The molecule has 0 radical (unpaired) electrons. The minimum Gasteiger partial charge on any atom is -0.481 e. The predicted molar refractivity (Wildman–Crippen MR) is 110 cm³/mol. The van der Waals surface area contributed by atoms with E-state index in [1.54, 1.807) is 18.2 Å². The lowest BCUT2D eigenvalue weighted by molar-refractivity contribution is -0.147. The van der Waals surface area contributed by atoms with Crippen LogP contribution in [0.25, 0.3) is 22.3 Å². The summed E-state index contributed by atoms with van der Waals surface area (Å²) in [7, 11) is 0. The fourth-order valence-corrected chi connectivity index (χ4v) is 4.30. The Morgan fingerprint density at radius 2 is 1.21 bits per heavy atom. The van der Waals surface area contributed by atoms with E-state index >= 15 is 0 Å². The lowest BCUT2D eigenvalue weighted by atomic mass is 9.62. The molecule has 0 spiro atoms. The normalized spacial score (nSPS) is 15.7. The van der Waals surface area contributed by atoms with Gasteiger partial charge in [-0.1, -0.05) is 48.9 Å². The zero-order valence-corrected chi connectivity index (χ0v) is 17.1. The van der Waals surface area contributed by atoms with Crippen LogP contribution in [-0.2, 0) is 22.6 Å². The largest absolute Gasteiger partial charge is 0.481 e. The van der Waals surface area contributed by atoms with Crippen LogP contribution in [0.5, 0.6) is 0 Å². The number of hydrogen-bond donors (Lipinski definition) is 1. The van der Waals surface area contributed by atoms with E-state index in [0.717, 1.165) is 24.3 Å². The summed E-state index contributed by atoms with van der Waals surface area (Å²) in [6.07, 6.45) is -7.64. The second-order valence-electron chi connectivity index (χ2n) is 8.12. The quantitative estimate of drug-likeness (QED) is 0.405. The Hall–Kier alpha value is -3.29. The predicted octanol–water partition coefficient (Wildman–Crippen LogP) is 7.56. The summed E-state index contributed by atoms with van der Waals surface area (Å²) in [5.41, 5.74) is -0.809. The fraction of sp³-hybridized carbons (Fsp3) is 0.240. The minimum absolute atomic E-state index is 0.362. The first-order valence-corrected chi connectivity index (χ1v) is 10.2. The first-order valence-electron chi connectivity index (χ1n) is 10.2. The van der Waals surface area contributed by atoms with Crippen LogP contribution in [0.1, 0.15) is 36.0 Å². The van der Waals surface area contributed by atoms with Crippen molar-refractivity contribution in [1.82, 2.24) is 0 Å². The number of carbonyl (C=O) groups is 1. The molecule has 0 heterocycles. The summed E-state index contributed by atoms with van der Waals surface area (Å²) in [4.78, 5) is 12.2. The molecule has 1 aliphatic carbocycles. The molecule has 4 rings (SSSR count). The molecule has 0 amide bonds. The van der Waals surface area contributed by atoms with Gasteiger partial charge in [0.2, 0.25) is 0 Å². The number of rotatable bonds is 4. The Kier molecular flexibility index (Phi) is 5.50. The summed E-state index contributed by atoms with van der Waals surface area (Å²) < 4.78 is 78.2. The number of carboxylic acid groups (broad SMARTS) is 1. The first kappa shape index (κ1) is 22.9. The molecular formula is C25H18F6O2. The topological polar surface area (TPSA) is 37.3 Å². The van der Waals surface area contributed by atoms with Crippen molar-refractivity contribution in [1.29, 1.82) is 0 Å². The maximum Gasteiger partial charge on any atom is 0.416 e. The number of halogens is 6. The maximum atomic E-state index is 13.1. The zero-order chi connectivity index (χ0) is 24.0. The highest BCUT2D eigenvalue weighted by Gasteiger charge is 2.47. The van der Waals surface area contributed by atoms with Crippen molar-refractivity contribution in [3.63, 3.8) is 0 Å². The fourth-order valence-electron chi connectivity index (χ4n) is 4.30. The third kappa shape index (κ3) is 4.10. The lowest BCUT2D eigenvalue weighted by Gasteiger charge is -2.40. The van der Waals surface area contributed by atoms with Crippen LogP contribution in [-0.4, -0.2) is 11.1 Å². The minimum atomic E-state index is -4.54. The van der Waals surface area contributed by atoms with Crippen LogP contribution in [0.3, 0.4) is 0 Å². The third-order valence-electron chi connectivity index (χ3n) is 6.22. The molecule has 0 aliphatic heterocycles. The molecule has 172 valence electrons. The SMILES string of the molecule is O=C(O)C1(c2cccc(-c3ccc(C(F)(F)F)cc3)c2-c2ccc(C(F)(F)F)cc2)CCC1. The van der Waals surface area contributed by atoms with E-state index in [4.69, 9.17) is 0 Å². The molecule has 0 saturated heterocycles. The Bertz CT molecular complexity index is 1170. The van der Waals surface area contributed by atoms with Gasteiger partial charge in [-0.2, -0.15) is 26.3 Å². The molecule has 33 heavy (non-hydrogen) atoms. The van der Waals surface area contributed by atoms with E-state index in [0.29, 0.717) is 47.1 Å². The summed E-state index contributed by atoms with van der Waals surface area (Å²) in [6, 6.07) is 13.7. The van der Waals surface area contributed by atoms with Crippen molar-refractivity contribution in [3.8, 4) is 22.3 Å². The van der Waals surface area contributed by atoms with E-state index in [1.807, 2.05) is 0 Å². The van der Waals surface area contributed by atoms with Crippen molar-refractivity contribution >= 4 is 5.97 Å². The van der Waals surface area contributed by atoms with Crippen molar-refractivity contribution < 1.29 is 36.2 Å². The number of alkyl halides is 6. The van der Waals surface area contributed by atoms with Gasteiger partial charge in [-0.3, -0.25) is 4.79 Å². The van der Waals surface area contributed by atoms with Crippen LogP contribution in [0.15, 0.2) is 66.7 Å². The van der Waals surface area contributed by atoms with Crippen LogP contribution >= 0.6 is 0 Å². The molecule has 0 bridgehead atoms. The molecule has 2 nitrogen and oxygen atoms in total.